The van der Waals surface area contributed by atoms with Crippen molar-refractivity contribution in [3.05, 3.63) is 29.3 Å². The lowest BCUT2D eigenvalue weighted by Gasteiger charge is -2.29. The Kier molecular flexibility index (Phi) is 5.41. The molecule has 1 fully saturated rings. The normalized spacial score (nSPS) is 23.2. The Bertz CT molecular complexity index is 584. The summed E-state index contributed by atoms with van der Waals surface area (Å²) in [7, 11) is -1.58. The van der Waals surface area contributed by atoms with E-state index >= 15 is 0 Å². The maximum atomic E-state index is 12.7. The first-order valence-corrected chi connectivity index (χ1v) is 9.19. The van der Waals surface area contributed by atoms with E-state index in [-0.39, 0.29) is 6.04 Å². The van der Waals surface area contributed by atoms with Crippen LogP contribution in [0.4, 0.5) is 0 Å². The van der Waals surface area contributed by atoms with Gasteiger partial charge >= 0.3 is 0 Å². The zero-order chi connectivity index (χ0) is 15.5. The third-order valence-corrected chi connectivity index (χ3v) is 6.11. The second kappa shape index (κ2) is 6.90. The predicted molar refractivity (Wildman–Crippen MR) is 85.7 cm³/mol. The van der Waals surface area contributed by atoms with Crippen LogP contribution in [0.15, 0.2) is 23.1 Å². The van der Waals surface area contributed by atoms with Gasteiger partial charge in [0.05, 0.1) is 4.90 Å². The summed E-state index contributed by atoms with van der Waals surface area (Å²) in [4.78, 5) is 0.410. The second-order valence-corrected chi connectivity index (χ2v) is 7.74. The zero-order valence-electron chi connectivity index (χ0n) is 13.1. The van der Waals surface area contributed by atoms with Gasteiger partial charge in [-0.05, 0) is 49.9 Å². The molecule has 0 heterocycles. The van der Waals surface area contributed by atoms with Crippen molar-refractivity contribution in [2.24, 2.45) is 5.92 Å². The Hall–Kier alpha value is -0.910. The molecule has 1 saturated carbocycles. The van der Waals surface area contributed by atoms with E-state index in [0.717, 1.165) is 30.4 Å². The molecular formula is C16H26N2O2S. The molecule has 0 spiro atoms. The molecule has 2 unspecified atom stereocenters. The first-order valence-electron chi connectivity index (χ1n) is 7.71. The molecule has 0 saturated heterocycles. The van der Waals surface area contributed by atoms with E-state index in [9.17, 15) is 8.42 Å². The van der Waals surface area contributed by atoms with Crippen LogP contribution in [-0.4, -0.2) is 21.5 Å². The summed E-state index contributed by atoms with van der Waals surface area (Å²) < 4.78 is 28.3. The fourth-order valence-electron chi connectivity index (χ4n) is 3.09. The highest BCUT2D eigenvalue weighted by molar-refractivity contribution is 7.89. The van der Waals surface area contributed by atoms with E-state index in [1.807, 2.05) is 26.1 Å². The first kappa shape index (κ1) is 16.5. The predicted octanol–water partition coefficient (Wildman–Crippen LogP) is 2.57. The van der Waals surface area contributed by atoms with Crippen LogP contribution in [0.2, 0.25) is 0 Å². The fraction of sp³-hybridized carbons (Fsp3) is 0.625. The summed E-state index contributed by atoms with van der Waals surface area (Å²) >= 11 is 0. The fourth-order valence-corrected chi connectivity index (χ4v) is 4.75. The molecule has 1 aromatic rings. The first-order chi connectivity index (χ1) is 9.95. The summed E-state index contributed by atoms with van der Waals surface area (Å²) in [5, 5.41) is 3.08. The quantitative estimate of drug-likeness (QED) is 0.879. The van der Waals surface area contributed by atoms with E-state index in [4.69, 9.17) is 0 Å². The molecule has 0 bridgehead atoms. The van der Waals surface area contributed by atoms with Crippen molar-refractivity contribution in [1.29, 1.82) is 0 Å². The third kappa shape index (κ3) is 3.84. The highest BCUT2D eigenvalue weighted by Crippen LogP contribution is 2.26. The second-order valence-electron chi connectivity index (χ2n) is 6.06. The molecule has 1 aliphatic carbocycles. The average Bonchev–Trinajstić information content (AvgIpc) is 2.43. The molecule has 0 radical (unpaired) electrons. The van der Waals surface area contributed by atoms with Crippen LogP contribution in [0.3, 0.4) is 0 Å². The lowest BCUT2D eigenvalue weighted by Crippen LogP contribution is -2.41. The molecule has 1 aliphatic rings. The molecule has 2 atom stereocenters. The van der Waals surface area contributed by atoms with E-state index in [0.29, 0.717) is 17.4 Å². The summed E-state index contributed by atoms with van der Waals surface area (Å²) in [5.74, 6) is 0.411. The molecular weight excluding hydrogens is 284 g/mol. The van der Waals surface area contributed by atoms with E-state index in [1.54, 1.807) is 6.07 Å². The van der Waals surface area contributed by atoms with E-state index < -0.39 is 10.0 Å². The van der Waals surface area contributed by atoms with Crippen LogP contribution in [0.5, 0.6) is 0 Å². The maximum Gasteiger partial charge on any atom is 0.241 e. The number of hydrogen-bond acceptors (Lipinski definition) is 3. The van der Waals surface area contributed by atoms with Crippen LogP contribution in [0.25, 0.3) is 0 Å². The Labute approximate surface area is 128 Å². The molecule has 2 N–H and O–H groups in total. The van der Waals surface area contributed by atoms with Crippen molar-refractivity contribution < 1.29 is 8.42 Å². The number of rotatable bonds is 5. The third-order valence-electron chi connectivity index (χ3n) is 4.47. The number of hydrogen-bond donors (Lipinski definition) is 2. The van der Waals surface area contributed by atoms with Gasteiger partial charge in [-0.25, -0.2) is 13.1 Å². The Morgan fingerprint density at radius 2 is 1.95 bits per heavy atom. The van der Waals surface area contributed by atoms with Crippen molar-refractivity contribution in [3.8, 4) is 0 Å². The molecule has 5 heteroatoms. The van der Waals surface area contributed by atoms with Gasteiger partial charge in [0, 0.05) is 12.6 Å². The highest BCUT2D eigenvalue weighted by Gasteiger charge is 2.27. The molecule has 118 valence electrons. The summed E-state index contributed by atoms with van der Waals surface area (Å²) in [6.45, 7) is 4.69. The Morgan fingerprint density at radius 3 is 2.62 bits per heavy atom. The number of nitrogens with one attached hydrogen (secondary N) is 2. The van der Waals surface area contributed by atoms with Gasteiger partial charge < -0.3 is 5.32 Å². The lowest BCUT2D eigenvalue weighted by molar-refractivity contribution is 0.310. The standard InChI is InChI=1S/C16H26N2O2S/c1-12-7-4-5-9-15(12)18-21(19,20)16-10-6-8-14(11-17-3)13(16)2/h6,8,10,12,15,17-18H,4-5,7,9,11H2,1-3H3. The number of benzene rings is 1. The van der Waals surface area contributed by atoms with Crippen molar-refractivity contribution in [2.75, 3.05) is 7.05 Å². The summed E-state index contributed by atoms with van der Waals surface area (Å²) in [6, 6.07) is 5.55. The van der Waals surface area contributed by atoms with Crippen LogP contribution < -0.4 is 10.0 Å². The summed E-state index contributed by atoms with van der Waals surface area (Å²) in [6.07, 6.45) is 4.36. The van der Waals surface area contributed by atoms with Crippen molar-refractivity contribution >= 4 is 10.0 Å². The molecule has 0 amide bonds. The van der Waals surface area contributed by atoms with Gasteiger partial charge in [0.2, 0.25) is 10.0 Å². The minimum atomic E-state index is -3.44. The minimum absolute atomic E-state index is 0.0658. The van der Waals surface area contributed by atoms with Crippen LogP contribution >= 0.6 is 0 Å². The van der Waals surface area contributed by atoms with Crippen molar-refractivity contribution in [1.82, 2.24) is 10.0 Å². The maximum absolute atomic E-state index is 12.7. The van der Waals surface area contributed by atoms with Gasteiger partial charge in [-0.1, -0.05) is 31.9 Å². The summed E-state index contributed by atoms with van der Waals surface area (Å²) in [5.41, 5.74) is 1.86. The van der Waals surface area contributed by atoms with Gasteiger partial charge in [0.1, 0.15) is 0 Å². The molecule has 0 aliphatic heterocycles. The van der Waals surface area contributed by atoms with Gasteiger partial charge in [-0.15, -0.1) is 0 Å². The average molecular weight is 310 g/mol. The number of sulfonamides is 1. The van der Waals surface area contributed by atoms with Gasteiger partial charge in [0.15, 0.2) is 0 Å². The minimum Gasteiger partial charge on any atom is -0.316 e. The molecule has 21 heavy (non-hydrogen) atoms. The van der Waals surface area contributed by atoms with Crippen molar-refractivity contribution in [3.63, 3.8) is 0 Å². The van der Waals surface area contributed by atoms with E-state index in [2.05, 4.69) is 17.0 Å². The van der Waals surface area contributed by atoms with Crippen LogP contribution in [-0.2, 0) is 16.6 Å². The van der Waals surface area contributed by atoms with Gasteiger partial charge in [0.25, 0.3) is 0 Å². The van der Waals surface area contributed by atoms with E-state index in [1.165, 1.54) is 6.42 Å². The monoisotopic (exact) mass is 310 g/mol. The van der Waals surface area contributed by atoms with Crippen LogP contribution in [0.1, 0.15) is 43.7 Å². The van der Waals surface area contributed by atoms with Gasteiger partial charge in [-0.3, -0.25) is 0 Å². The highest BCUT2D eigenvalue weighted by atomic mass is 32.2. The molecule has 4 nitrogen and oxygen atoms in total. The Morgan fingerprint density at radius 1 is 1.24 bits per heavy atom. The molecule has 1 aromatic carbocycles. The largest absolute Gasteiger partial charge is 0.316 e. The van der Waals surface area contributed by atoms with Crippen molar-refractivity contribution in [2.45, 2.75) is 57.0 Å². The molecule has 2 rings (SSSR count). The topological polar surface area (TPSA) is 58.2 Å². The SMILES string of the molecule is CNCc1cccc(S(=O)(=O)NC2CCCCC2C)c1C. The Balaban J connectivity index is 2.25. The van der Waals surface area contributed by atoms with Crippen LogP contribution in [0, 0.1) is 12.8 Å². The lowest BCUT2D eigenvalue weighted by atomic mass is 9.87. The smallest absolute Gasteiger partial charge is 0.241 e. The van der Waals surface area contributed by atoms with Gasteiger partial charge in [-0.2, -0.15) is 0 Å². The zero-order valence-corrected chi connectivity index (χ0v) is 14.0. The molecule has 0 aromatic heterocycles.